The molecule has 0 atom stereocenters. The smallest absolute Gasteiger partial charge is 0.341 e. The van der Waals surface area contributed by atoms with E-state index in [1.54, 1.807) is 20.1 Å². The fourth-order valence-electron chi connectivity index (χ4n) is 2.48. The minimum Gasteiger partial charge on any atom is -0.490 e. The number of carbonyl (C=O) groups is 2. The van der Waals surface area contributed by atoms with Crippen LogP contribution in [-0.2, 0) is 22.7 Å². The Labute approximate surface area is 157 Å². The molecule has 0 aromatic heterocycles. The summed E-state index contributed by atoms with van der Waals surface area (Å²) < 4.78 is 15.8. The number of methoxy groups -OCH3 is 1. The average molecular weight is 373 g/mol. The molecule has 2 aromatic carbocycles. The lowest BCUT2D eigenvalue weighted by Gasteiger charge is -2.13. The second-order valence-corrected chi connectivity index (χ2v) is 5.66. The van der Waals surface area contributed by atoms with Gasteiger partial charge in [0, 0.05) is 19.2 Å². The second kappa shape index (κ2) is 10.2. The fraction of sp³-hybridized carbons (Fsp3) is 0.300. The van der Waals surface area contributed by atoms with Crippen molar-refractivity contribution in [3.63, 3.8) is 0 Å². The number of hydrogen-bond acceptors (Lipinski definition) is 5. The van der Waals surface area contributed by atoms with Gasteiger partial charge in [0.1, 0.15) is 0 Å². The standard InChI is InChI=1S/C20H23NO6/c1-3-26-18-10-14(8-9-17(18)27-13-19(22)23)20(24)21-11-15-6-4-5-7-16(15)12-25-2/h4-10H,3,11-13H2,1-2H3,(H,21,24)(H,22,23). The third-order valence-corrected chi connectivity index (χ3v) is 3.71. The van der Waals surface area contributed by atoms with E-state index in [0.717, 1.165) is 11.1 Å². The van der Waals surface area contributed by atoms with Crippen LogP contribution in [-0.4, -0.2) is 37.3 Å². The fourth-order valence-corrected chi connectivity index (χ4v) is 2.48. The zero-order chi connectivity index (χ0) is 19.6. The van der Waals surface area contributed by atoms with E-state index in [4.69, 9.17) is 19.3 Å². The monoisotopic (exact) mass is 373 g/mol. The van der Waals surface area contributed by atoms with Crippen molar-refractivity contribution in [2.24, 2.45) is 0 Å². The lowest BCUT2D eigenvalue weighted by Crippen LogP contribution is -2.23. The lowest BCUT2D eigenvalue weighted by molar-refractivity contribution is -0.139. The minimum absolute atomic E-state index is 0.270. The normalized spacial score (nSPS) is 10.3. The maximum atomic E-state index is 12.5. The van der Waals surface area contributed by atoms with Crippen LogP contribution in [0.25, 0.3) is 0 Å². The molecule has 144 valence electrons. The minimum atomic E-state index is -1.09. The van der Waals surface area contributed by atoms with Gasteiger partial charge in [-0.15, -0.1) is 0 Å². The molecule has 0 aliphatic rings. The van der Waals surface area contributed by atoms with Crippen molar-refractivity contribution in [2.45, 2.75) is 20.1 Å². The molecule has 0 saturated carbocycles. The topological polar surface area (TPSA) is 94.1 Å². The number of nitrogens with one attached hydrogen (secondary N) is 1. The Balaban J connectivity index is 2.09. The third-order valence-electron chi connectivity index (χ3n) is 3.71. The van der Waals surface area contributed by atoms with E-state index in [-0.39, 0.29) is 11.7 Å². The Morgan fingerprint density at radius 3 is 2.44 bits per heavy atom. The van der Waals surface area contributed by atoms with Crippen LogP contribution < -0.4 is 14.8 Å². The van der Waals surface area contributed by atoms with Crippen molar-refractivity contribution in [1.29, 1.82) is 0 Å². The van der Waals surface area contributed by atoms with Crippen LogP contribution in [0, 0.1) is 0 Å². The maximum Gasteiger partial charge on any atom is 0.341 e. The van der Waals surface area contributed by atoms with Gasteiger partial charge in [0.2, 0.25) is 0 Å². The summed E-state index contributed by atoms with van der Waals surface area (Å²) in [7, 11) is 1.62. The Hall–Kier alpha value is -3.06. The van der Waals surface area contributed by atoms with E-state index in [1.165, 1.54) is 12.1 Å². The quantitative estimate of drug-likeness (QED) is 0.665. The summed E-state index contributed by atoms with van der Waals surface area (Å²) in [5, 5.41) is 11.6. The molecule has 0 heterocycles. The number of carboxylic acids is 1. The Bertz CT molecular complexity index is 790. The van der Waals surface area contributed by atoms with Gasteiger partial charge in [-0.2, -0.15) is 0 Å². The zero-order valence-electron chi connectivity index (χ0n) is 15.4. The zero-order valence-corrected chi connectivity index (χ0v) is 15.4. The first-order valence-corrected chi connectivity index (χ1v) is 8.50. The summed E-state index contributed by atoms with van der Waals surface area (Å²) in [6.45, 7) is 2.50. The molecule has 0 unspecified atom stereocenters. The first-order chi connectivity index (χ1) is 13.0. The molecule has 7 heteroatoms. The molecule has 0 fully saturated rings. The van der Waals surface area contributed by atoms with Crippen LogP contribution in [0.4, 0.5) is 0 Å². The van der Waals surface area contributed by atoms with Crippen LogP contribution in [0.15, 0.2) is 42.5 Å². The highest BCUT2D eigenvalue weighted by molar-refractivity contribution is 5.94. The van der Waals surface area contributed by atoms with Gasteiger partial charge in [-0.05, 0) is 36.2 Å². The molecule has 0 radical (unpaired) electrons. The molecule has 0 saturated heterocycles. The number of carboxylic acid groups (broad SMARTS) is 1. The molecule has 0 aliphatic heterocycles. The van der Waals surface area contributed by atoms with Gasteiger partial charge in [-0.1, -0.05) is 24.3 Å². The Morgan fingerprint density at radius 1 is 1.04 bits per heavy atom. The van der Waals surface area contributed by atoms with E-state index < -0.39 is 12.6 Å². The van der Waals surface area contributed by atoms with Gasteiger partial charge in [0.15, 0.2) is 18.1 Å². The van der Waals surface area contributed by atoms with Crippen molar-refractivity contribution in [3.05, 3.63) is 59.2 Å². The van der Waals surface area contributed by atoms with Gasteiger partial charge in [0.25, 0.3) is 5.91 Å². The summed E-state index contributed by atoms with van der Waals surface area (Å²) >= 11 is 0. The number of aliphatic carboxylic acids is 1. The first kappa shape index (κ1) is 20.3. The van der Waals surface area contributed by atoms with Gasteiger partial charge in [0.05, 0.1) is 13.2 Å². The number of rotatable bonds is 10. The predicted molar refractivity (Wildman–Crippen MR) is 99.1 cm³/mol. The molecule has 7 nitrogen and oxygen atoms in total. The van der Waals surface area contributed by atoms with E-state index in [2.05, 4.69) is 5.32 Å². The summed E-state index contributed by atoms with van der Waals surface area (Å²) in [6.07, 6.45) is 0. The summed E-state index contributed by atoms with van der Waals surface area (Å²) in [5.74, 6) is -0.755. The van der Waals surface area contributed by atoms with Gasteiger partial charge in [-0.3, -0.25) is 4.79 Å². The van der Waals surface area contributed by atoms with E-state index in [0.29, 0.717) is 31.1 Å². The van der Waals surface area contributed by atoms with Crippen LogP contribution in [0.2, 0.25) is 0 Å². The Morgan fingerprint density at radius 2 is 1.78 bits per heavy atom. The number of carbonyl (C=O) groups excluding carboxylic acids is 1. The molecular formula is C20H23NO6. The summed E-state index contributed by atoms with van der Waals surface area (Å²) in [5.41, 5.74) is 2.37. The molecule has 2 aromatic rings. The van der Waals surface area contributed by atoms with Crippen molar-refractivity contribution in [2.75, 3.05) is 20.3 Å². The highest BCUT2D eigenvalue weighted by Crippen LogP contribution is 2.28. The number of ether oxygens (including phenoxy) is 3. The maximum absolute atomic E-state index is 12.5. The van der Waals surface area contributed by atoms with Crippen molar-refractivity contribution < 1.29 is 28.9 Å². The van der Waals surface area contributed by atoms with Crippen molar-refractivity contribution >= 4 is 11.9 Å². The molecule has 0 bridgehead atoms. The van der Waals surface area contributed by atoms with E-state index in [9.17, 15) is 9.59 Å². The van der Waals surface area contributed by atoms with E-state index >= 15 is 0 Å². The number of benzene rings is 2. The average Bonchev–Trinajstić information content (AvgIpc) is 2.66. The third kappa shape index (κ3) is 6.00. The van der Waals surface area contributed by atoms with Crippen molar-refractivity contribution in [1.82, 2.24) is 5.32 Å². The van der Waals surface area contributed by atoms with Gasteiger partial charge >= 0.3 is 5.97 Å². The molecule has 2 rings (SSSR count). The molecule has 2 N–H and O–H groups in total. The molecule has 27 heavy (non-hydrogen) atoms. The van der Waals surface area contributed by atoms with Gasteiger partial charge in [-0.25, -0.2) is 4.79 Å². The summed E-state index contributed by atoms with van der Waals surface area (Å²) in [6, 6.07) is 12.3. The number of hydrogen-bond donors (Lipinski definition) is 2. The van der Waals surface area contributed by atoms with Crippen LogP contribution in [0.1, 0.15) is 28.4 Å². The molecule has 1 amide bonds. The van der Waals surface area contributed by atoms with E-state index in [1.807, 2.05) is 24.3 Å². The number of amides is 1. The lowest BCUT2D eigenvalue weighted by atomic mass is 10.1. The first-order valence-electron chi connectivity index (χ1n) is 8.50. The molecule has 0 spiro atoms. The highest BCUT2D eigenvalue weighted by atomic mass is 16.5. The molecule has 0 aliphatic carbocycles. The highest BCUT2D eigenvalue weighted by Gasteiger charge is 2.13. The van der Waals surface area contributed by atoms with Crippen LogP contribution in [0.5, 0.6) is 11.5 Å². The second-order valence-electron chi connectivity index (χ2n) is 5.66. The largest absolute Gasteiger partial charge is 0.490 e. The van der Waals surface area contributed by atoms with Gasteiger partial charge < -0.3 is 24.6 Å². The van der Waals surface area contributed by atoms with Crippen LogP contribution >= 0.6 is 0 Å². The summed E-state index contributed by atoms with van der Waals surface area (Å²) in [4.78, 5) is 23.2. The molecular weight excluding hydrogens is 350 g/mol. The Kier molecular flexibility index (Phi) is 7.63. The predicted octanol–water partition coefficient (Wildman–Crippen LogP) is 2.63. The SMILES string of the molecule is CCOc1cc(C(=O)NCc2ccccc2COC)ccc1OCC(=O)O. The van der Waals surface area contributed by atoms with Crippen molar-refractivity contribution in [3.8, 4) is 11.5 Å². The van der Waals surface area contributed by atoms with Crippen LogP contribution in [0.3, 0.4) is 0 Å².